The molecule has 0 aliphatic rings. The monoisotopic (exact) mass is 432 g/mol. The molecule has 0 saturated heterocycles. The fourth-order valence-electron chi connectivity index (χ4n) is 2.47. The van der Waals surface area contributed by atoms with Gasteiger partial charge in [-0.3, -0.25) is 9.59 Å². The number of aromatic nitrogens is 4. The second-order valence-electron chi connectivity index (χ2n) is 5.84. The second-order valence-corrected chi connectivity index (χ2v) is 7.68. The van der Waals surface area contributed by atoms with Gasteiger partial charge in [0.05, 0.1) is 18.4 Å². The molecule has 29 heavy (non-hydrogen) atoms. The number of amides is 2. The highest BCUT2D eigenvalue weighted by molar-refractivity contribution is 7.99. The van der Waals surface area contributed by atoms with Gasteiger partial charge in [0.2, 0.25) is 5.91 Å². The molecule has 0 spiro atoms. The molecule has 3 aromatic rings. The van der Waals surface area contributed by atoms with Crippen LogP contribution in [0, 0.1) is 0 Å². The number of rotatable bonds is 9. The average molecular weight is 433 g/mol. The number of methoxy groups -OCH3 is 1. The minimum Gasteiger partial charge on any atom is -0.496 e. The summed E-state index contributed by atoms with van der Waals surface area (Å²) in [6, 6.07) is 7.05. The van der Waals surface area contributed by atoms with Crippen molar-refractivity contribution in [3.8, 4) is 5.75 Å². The van der Waals surface area contributed by atoms with Gasteiger partial charge in [-0.2, -0.15) is 0 Å². The molecule has 0 radical (unpaired) electrons. The van der Waals surface area contributed by atoms with Crippen LogP contribution in [0.2, 0.25) is 0 Å². The highest BCUT2D eigenvalue weighted by atomic mass is 32.2. The van der Waals surface area contributed by atoms with E-state index >= 15 is 0 Å². The van der Waals surface area contributed by atoms with Crippen molar-refractivity contribution in [2.75, 3.05) is 24.7 Å². The first-order valence-electron chi connectivity index (χ1n) is 8.70. The zero-order chi connectivity index (χ0) is 20.6. The lowest BCUT2D eigenvalue weighted by atomic mass is 10.2. The van der Waals surface area contributed by atoms with E-state index in [4.69, 9.17) is 4.74 Å². The number of para-hydroxylation sites is 1. The van der Waals surface area contributed by atoms with Gasteiger partial charge in [0.25, 0.3) is 5.91 Å². The fraction of sp³-hybridized carbons (Fsp3) is 0.278. The van der Waals surface area contributed by atoms with Gasteiger partial charge in [0, 0.05) is 31.6 Å². The third-order valence-electron chi connectivity index (χ3n) is 3.92. The summed E-state index contributed by atoms with van der Waals surface area (Å²) >= 11 is 2.65. The van der Waals surface area contributed by atoms with Crippen LogP contribution >= 0.6 is 23.1 Å². The zero-order valence-corrected chi connectivity index (χ0v) is 17.5. The molecular weight excluding hydrogens is 412 g/mol. The maximum atomic E-state index is 12.3. The molecule has 11 heteroatoms. The summed E-state index contributed by atoms with van der Waals surface area (Å²) < 4.78 is 7.02. The Balaban J connectivity index is 1.48. The number of hydrogen-bond donors (Lipinski definition) is 2. The van der Waals surface area contributed by atoms with E-state index in [9.17, 15) is 9.59 Å². The smallest absolute Gasteiger partial charge is 0.255 e. The highest BCUT2D eigenvalue weighted by Gasteiger charge is 2.14. The van der Waals surface area contributed by atoms with Gasteiger partial charge in [0.15, 0.2) is 10.3 Å². The lowest BCUT2D eigenvalue weighted by Crippen LogP contribution is -2.26. The van der Waals surface area contributed by atoms with E-state index < -0.39 is 0 Å². The van der Waals surface area contributed by atoms with Crippen molar-refractivity contribution in [3.63, 3.8) is 0 Å². The SMILES string of the molecule is COc1ccccc1C(=O)NCCc1nnc(SCC(=O)Nc2nccs2)n1C. The molecular formula is C18H20N6O3S2. The van der Waals surface area contributed by atoms with E-state index in [0.29, 0.717) is 40.4 Å². The maximum absolute atomic E-state index is 12.3. The standard InChI is InChI=1S/C18H20N6O3S2/c1-24-14(7-8-19-16(26)12-5-3-4-6-13(12)27-2)22-23-18(24)29-11-15(25)21-17-20-9-10-28-17/h3-6,9-10H,7-8,11H2,1-2H3,(H,19,26)(H,20,21,25). The normalized spacial score (nSPS) is 10.6. The molecule has 0 unspecified atom stereocenters. The summed E-state index contributed by atoms with van der Waals surface area (Å²) in [6.45, 7) is 0.401. The summed E-state index contributed by atoms with van der Waals surface area (Å²) in [4.78, 5) is 28.3. The number of nitrogens with zero attached hydrogens (tertiary/aromatic N) is 4. The van der Waals surface area contributed by atoms with E-state index in [0.717, 1.165) is 0 Å². The van der Waals surface area contributed by atoms with E-state index in [1.54, 1.807) is 29.8 Å². The second kappa shape index (κ2) is 10.0. The number of ether oxygens (including phenoxy) is 1. The topological polar surface area (TPSA) is 111 Å². The van der Waals surface area contributed by atoms with Gasteiger partial charge in [-0.25, -0.2) is 4.98 Å². The molecule has 3 rings (SSSR count). The molecule has 0 aliphatic heterocycles. The first kappa shape index (κ1) is 20.8. The lowest BCUT2D eigenvalue weighted by Gasteiger charge is -2.09. The van der Waals surface area contributed by atoms with Crippen molar-refractivity contribution < 1.29 is 14.3 Å². The Labute approximate surface area is 175 Å². The van der Waals surface area contributed by atoms with Gasteiger partial charge in [-0.15, -0.1) is 21.5 Å². The van der Waals surface area contributed by atoms with E-state index in [1.807, 2.05) is 17.7 Å². The first-order valence-corrected chi connectivity index (χ1v) is 10.6. The molecule has 0 saturated carbocycles. The number of anilines is 1. The summed E-state index contributed by atoms with van der Waals surface area (Å²) in [5, 5.41) is 16.8. The fourth-order valence-corrected chi connectivity index (χ4v) is 3.75. The predicted octanol–water partition coefficient (Wildman–Crippen LogP) is 1.98. The molecule has 2 heterocycles. The van der Waals surface area contributed by atoms with Crippen LogP contribution in [0.5, 0.6) is 5.75 Å². The van der Waals surface area contributed by atoms with Crippen LogP contribution in [-0.4, -0.2) is 51.0 Å². The zero-order valence-electron chi connectivity index (χ0n) is 15.9. The van der Waals surface area contributed by atoms with Gasteiger partial charge in [-0.1, -0.05) is 23.9 Å². The minimum atomic E-state index is -0.210. The molecule has 152 valence electrons. The van der Waals surface area contributed by atoms with Gasteiger partial charge in [0.1, 0.15) is 11.6 Å². The Hall–Kier alpha value is -2.92. The predicted molar refractivity (Wildman–Crippen MR) is 112 cm³/mol. The van der Waals surface area contributed by atoms with Crippen molar-refractivity contribution in [2.24, 2.45) is 7.05 Å². The molecule has 0 fully saturated rings. The Morgan fingerprint density at radius 1 is 1.28 bits per heavy atom. The summed E-state index contributed by atoms with van der Waals surface area (Å²) in [5.41, 5.74) is 0.482. The van der Waals surface area contributed by atoms with Gasteiger partial charge in [-0.05, 0) is 12.1 Å². The molecule has 9 nitrogen and oxygen atoms in total. The molecule has 2 N–H and O–H groups in total. The third kappa shape index (κ3) is 5.55. The number of thioether (sulfide) groups is 1. The van der Waals surface area contributed by atoms with Crippen LogP contribution in [0.15, 0.2) is 41.0 Å². The Morgan fingerprint density at radius 2 is 2.10 bits per heavy atom. The van der Waals surface area contributed by atoms with Crippen LogP contribution in [0.4, 0.5) is 5.13 Å². The van der Waals surface area contributed by atoms with Crippen molar-refractivity contribution >= 4 is 40.0 Å². The number of carbonyl (C=O) groups excluding carboxylic acids is 2. The van der Waals surface area contributed by atoms with Crippen molar-refractivity contribution in [3.05, 3.63) is 47.2 Å². The number of hydrogen-bond acceptors (Lipinski definition) is 8. The molecule has 0 aliphatic carbocycles. The quantitative estimate of drug-likeness (QED) is 0.497. The molecule has 0 bridgehead atoms. The van der Waals surface area contributed by atoms with E-state index in [2.05, 4.69) is 25.8 Å². The molecule has 2 aromatic heterocycles. The van der Waals surface area contributed by atoms with Gasteiger partial charge < -0.3 is 19.9 Å². The summed E-state index contributed by atoms with van der Waals surface area (Å²) in [7, 11) is 3.36. The lowest BCUT2D eigenvalue weighted by molar-refractivity contribution is -0.113. The first-order chi connectivity index (χ1) is 14.1. The van der Waals surface area contributed by atoms with Gasteiger partial charge >= 0.3 is 0 Å². The number of benzene rings is 1. The Morgan fingerprint density at radius 3 is 2.86 bits per heavy atom. The largest absolute Gasteiger partial charge is 0.496 e. The van der Waals surface area contributed by atoms with Crippen LogP contribution in [-0.2, 0) is 18.3 Å². The molecule has 2 amide bonds. The van der Waals surface area contributed by atoms with Crippen LogP contribution in [0.1, 0.15) is 16.2 Å². The molecule has 1 aromatic carbocycles. The van der Waals surface area contributed by atoms with Crippen LogP contribution in [0.25, 0.3) is 0 Å². The van der Waals surface area contributed by atoms with E-state index in [1.165, 1.54) is 30.2 Å². The van der Waals surface area contributed by atoms with Crippen LogP contribution < -0.4 is 15.4 Å². The Bertz CT molecular complexity index is 974. The highest BCUT2D eigenvalue weighted by Crippen LogP contribution is 2.18. The third-order valence-corrected chi connectivity index (χ3v) is 5.63. The van der Waals surface area contributed by atoms with Crippen LogP contribution in [0.3, 0.4) is 0 Å². The number of thiazole rings is 1. The number of nitrogens with one attached hydrogen (secondary N) is 2. The Kier molecular flexibility index (Phi) is 7.19. The van der Waals surface area contributed by atoms with Crippen molar-refractivity contribution in [2.45, 2.75) is 11.6 Å². The summed E-state index contributed by atoms with van der Waals surface area (Å²) in [5.74, 6) is 1.08. The van der Waals surface area contributed by atoms with E-state index in [-0.39, 0.29) is 17.6 Å². The average Bonchev–Trinajstić information content (AvgIpc) is 3.36. The van der Waals surface area contributed by atoms with Crippen molar-refractivity contribution in [1.82, 2.24) is 25.1 Å². The summed E-state index contributed by atoms with van der Waals surface area (Å²) in [6.07, 6.45) is 2.14. The maximum Gasteiger partial charge on any atom is 0.255 e. The molecule has 0 atom stereocenters. The number of carbonyl (C=O) groups is 2. The van der Waals surface area contributed by atoms with Crippen molar-refractivity contribution in [1.29, 1.82) is 0 Å². The minimum absolute atomic E-state index is 0.154.